The molecule has 0 aliphatic carbocycles. The number of benzene rings is 1. The molecule has 0 N–H and O–H groups in total. The molecule has 0 radical (unpaired) electrons. The Morgan fingerprint density at radius 2 is 1.56 bits per heavy atom. The summed E-state index contributed by atoms with van der Waals surface area (Å²) in [6.45, 7) is 6.19. The lowest BCUT2D eigenvalue weighted by molar-refractivity contribution is -0.137. The maximum atomic E-state index is 12.3. The SMILES string of the molecule is C[Si](C)(C)N=Cc1ccc(C(F)(F)F)cc1. The molecule has 1 rings (SSSR count). The van der Waals surface area contributed by atoms with Crippen LogP contribution in [0.5, 0.6) is 0 Å². The minimum absolute atomic E-state index is 0.627. The fourth-order valence-corrected chi connectivity index (χ4v) is 1.56. The first kappa shape index (κ1) is 13.0. The van der Waals surface area contributed by atoms with Crippen molar-refractivity contribution in [3.63, 3.8) is 0 Å². The molecule has 0 aliphatic rings. The zero-order valence-electron chi connectivity index (χ0n) is 9.47. The number of alkyl halides is 3. The first-order valence-corrected chi connectivity index (χ1v) is 8.36. The van der Waals surface area contributed by atoms with E-state index in [-0.39, 0.29) is 0 Å². The maximum absolute atomic E-state index is 12.3. The summed E-state index contributed by atoms with van der Waals surface area (Å²) in [6, 6.07) is 5.02. The van der Waals surface area contributed by atoms with Crippen molar-refractivity contribution in [2.45, 2.75) is 25.8 Å². The fourth-order valence-electron chi connectivity index (χ4n) is 1.03. The van der Waals surface area contributed by atoms with Crippen LogP contribution in [0.25, 0.3) is 0 Å². The lowest BCUT2D eigenvalue weighted by Crippen LogP contribution is -2.16. The minimum Gasteiger partial charge on any atom is -0.329 e. The van der Waals surface area contributed by atoms with Crippen molar-refractivity contribution in [2.75, 3.05) is 0 Å². The molecule has 0 amide bonds. The molecule has 0 aromatic heterocycles. The van der Waals surface area contributed by atoms with E-state index < -0.39 is 20.0 Å². The molecule has 0 heterocycles. The second kappa shape index (κ2) is 4.41. The van der Waals surface area contributed by atoms with Gasteiger partial charge in [-0.25, -0.2) is 0 Å². The molecule has 16 heavy (non-hydrogen) atoms. The smallest absolute Gasteiger partial charge is 0.329 e. The van der Waals surface area contributed by atoms with Crippen molar-refractivity contribution >= 4 is 14.5 Å². The van der Waals surface area contributed by atoms with Gasteiger partial charge in [-0.3, -0.25) is 0 Å². The first-order valence-electron chi connectivity index (χ1n) is 4.91. The molecule has 0 saturated heterocycles. The van der Waals surface area contributed by atoms with Crippen LogP contribution in [0.15, 0.2) is 28.9 Å². The van der Waals surface area contributed by atoms with Crippen LogP contribution in [-0.2, 0) is 6.18 Å². The van der Waals surface area contributed by atoms with E-state index in [2.05, 4.69) is 24.3 Å². The van der Waals surface area contributed by atoms with E-state index in [4.69, 9.17) is 0 Å². The molecule has 0 bridgehead atoms. The number of halogens is 3. The van der Waals surface area contributed by atoms with Crippen molar-refractivity contribution in [1.82, 2.24) is 0 Å². The van der Waals surface area contributed by atoms with Crippen LogP contribution in [-0.4, -0.2) is 14.5 Å². The largest absolute Gasteiger partial charge is 0.416 e. The van der Waals surface area contributed by atoms with E-state index in [0.717, 1.165) is 12.1 Å². The van der Waals surface area contributed by atoms with Crippen LogP contribution in [0.3, 0.4) is 0 Å². The van der Waals surface area contributed by atoms with Gasteiger partial charge in [-0.1, -0.05) is 12.1 Å². The van der Waals surface area contributed by atoms with Gasteiger partial charge in [-0.05, 0) is 37.3 Å². The average molecular weight is 245 g/mol. The van der Waals surface area contributed by atoms with Gasteiger partial charge < -0.3 is 4.66 Å². The van der Waals surface area contributed by atoms with Crippen molar-refractivity contribution in [3.8, 4) is 0 Å². The molecule has 1 aromatic rings. The number of rotatable bonds is 2. The predicted molar refractivity (Wildman–Crippen MR) is 62.4 cm³/mol. The zero-order valence-corrected chi connectivity index (χ0v) is 10.5. The molecule has 0 saturated carbocycles. The molecule has 0 aliphatic heterocycles. The molecule has 1 aromatic carbocycles. The van der Waals surface area contributed by atoms with Crippen LogP contribution in [0.4, 0.5) is 13.2 Å². The second-order valence-corrected chi connectivity index (χ2v) is 9.15. The van der Waals surface area contributed by atoms with Gasteiger partial charge in [0.05, 0.1) is 5.56 Å². The standard InChI is InChI=1S/C11H14F3NSi/c1-16(2,3)15-8-9-4-6-10(7-5-9)11(12,13)14/h4-8H,1-3H3. The number of nitrogens with zero attached hydrogens (tertiary/aromatic N) is 1. The Balaban J connectivity index is 2.85. The van der Waals surface area contributed by atoms with Gasteiger partial charge in [0, 0.05) is 6.21 Å². The van der Waals surface area contributed by atoms with Gasteiger partial charge in [0.25, 0.3) is 0 Å². The van der Waals surface area contributed by atoms with Crippen molar-refractivity contribution in [1.29, 1.82) is 0 Å². The van der Waals surface area contributed by atoms with Gasteiger partial charge in [0.2, 0.25) is 0 Å². The summed E-state index contributed by atoms with van der Waals surface area (Å²) in [6.07, 6.45) is -2.62. The number of hydrogen-bond donors (Lipinski definition) is 0. The van der Waals surface area contributed by atoms with Crippen molar-refractivity contribution < 1.29 is 13.2 Å². The van der Waals surface area contributed by atoms with Gasteiger partial charge in [0.15, 0.2) is 8.24 Å². The Labute approximate surface area is 94.1 Å². The quantitative estimate of drug-likeness (QED) is 0.552. The van der Waals surface area contributed by atoms with E-state index >= 15 is 0 Å². The maximum Gasteiger partial charge on any atom is 0.416 e. The average Bonchev–Trinajstić information content (AvgIpc) is 2.13. The predicted octanol–water partition coefficient (Wildman–Crippen LogP) is 3.96. The summed E-state index contributed by atoms with van der Waals surface area (Å²) in [5.74, 6) is 0. The Morgan fingerprint density at radius 3 is 1.94 bits per heavy atom. The molecule has 0 unspecified atom stereocenters. The highest BCUT2D eigenvalue weighted by Gasteiger charge is 2.29. The van der Waals surface area contributed by atoms with E-state index in [9.17, 15) is 13.2 Å². The summed E-state index contributed by atoms with van der Waals surface area (Å²) in [7, 11) is -1.54. The Bertz CT molecular complexity index is 374. The fraction of sp³-hybridized carbons (Fsp3) is 0.364. The Hall–Kier alpha value is -1.10. The second-order valence-electron chi connectivity index (χ2n) is 4.55. The molecule has 88 valence electrons. The first-order chi connectivity index (χ1) is 7.18. The molecular formula is C11H14F3NSi. The van der Waals surface area contributed by atoms with E-state index in [1.165, 1.54) is 12.1 Å². The third-order valence-corrected chi connectivity index (χ3v) is 2.74. The van der Waals surface area contributed by atoms with Gasteiger partial charge >= 0.3 is 6.18 Å². The van der Waals surface area contributed by atoms with Crippen LogP contribution in [0.1, 0.15) is 11.1 Å². The topological polar surface area (TPSA) is 12.4 Å². The van der Waals surface area contributed by atoms with E-state index in [1.807, 2.05) is 0 Å². The molecule has 0 atom stereocenters. The lowest BCUT2D eigenvalue weighted by atomic mass is 10.1. The van der Waals surface area contributed by atoms with E-state index in [1.54, 1.807) is 6.21 Å². The monoisotopic (exact) mass is 245 g/mol. The molecule has 0 spiro atoms. The lowest BCUT2D eigenvalue weighted by Gasteiger charge is -2.08. The Kier molecular flexibility index (Phi) is 3.57. The highest BCUT2D eigenvalue weighted by atomic mass is 28.3. The van der Waals surface area contributed by atoms with Crippen LogP contribution in [0, 0.1) is 0 Å². The van der Waals surface area contributed by atoms with Crippen molar-refractivity contribution in [2.24, 2.45) is 4.66 Å². The normalized spacial score (nSPS) is 13.4. The minimum atomic E-state index is -4.27. The molecule has 0 fully saturated rings. The van der Waals surface area contributed by atoms with Crippen molar-refractivity contribution in [3.05, 3.63) is 35.4 Å². The summed E-state index contributed by atoms with van der Waals surface area (Å²) >= 11 is 0. The third kappa shape index (κ3) is 4.18. The summed E-state index contributed by atoms with van der Waals surface area (Å²) < 4.78 is 41.2. The highest BCUT2D eigenvalue weighted by molar-refractivity contribution is 6.75. The van der Waals surface area contributed by atoms with Crippen LogP contribution in [0.2, 0.25) is 19.6 Å². The van der Waals surface area contributed by atoms with Gasteiger partial charge in [-0.2, -0.15) is 13.2 Å². The van der Waals surface area contributed by atoms with Crippen LogP contribution < -0.4 is 0 Å². The van der Waals surface area contributed by atoms with Gasteiger partial charge in [0.1, 0.15) is 0 Å². The summed E-state index contributed by atoms with van der Waals surface area (Å²) in [5, 5.41) is 0. The Morgan fingerprint density at radius 1 is 1.06 bits per heavy atom. The van der Waals surface area contributed by atoms with Gasteiger partial charge in [-0.15, -0.1) is 0 Å². The van der Waals surface area contributed by atoms with Crippen LogP contribution >= 0.6 is 0 Å². The highest BCUT2D eigenvalue weighted by Crippen LogP contribution is 2.28. The third-order valence-electron chi connectivity index (χ3n) is 1.84. The molecule has 1 nitrogen and oxygen atoms in total. The zero-order chi connectivity index (χ0) is 12.4. The molecule has 5 heteroatoms. The summed E-state index contributed by atoms with van der Waals surface area (Å²) in [5.41, 5.74) is 0.0769. The van der Waals surface area contributed by atoms with E-state index in [0.29, 0.717) is 5.56 Å². The molecular weight excluding hydrogens is 231 g/mol. The summed E-state index contributed by atoms with van der Waals surface area (Å²) in [4.78, 5) is 0. The number of hydrogen-bond acceptors (Lipinski definition) is 1.